The third-order valence-corrected chi connectivity index (χ3v) is 5.38. The molecule has 0 bridgehead atoms. The zero-order valence-electron chi connectivity index (χ0n) is 16.0. The Balaban J connectivity index is 0.00000392. The third kappa shape index (κ3) is 7.39. The van der Waals surface area contributed by atoms with Crippen LogP contribution in [-0.2, 0) is 0 Å². The van der Waals surface area contributed by atoms with Crippen LogP contribution >= 0.6 is 35.3 Å². The van der Waals surface area contributed by atoms with Crippen LogP contribution in [0.4, 0.5) is 13.2 Å². The normalized spacial score (nSPS) is 17.0. The fraction of sp³-hybridized carbons (Fsp3) is 0.647. The lowest BCUT2D eigenvalue weighted by Gasteiger charge is -2.39. The van der Waals surface area contributed by atoms with Gasteiger partial charge in [-0.15, -0.1) is 35.3 Å². The number of aliphatic imine (C=N–C) groups is 1. The first-order chi connectivity index (χ1) is 12.8. The zero-order valence-corrected chi connectivity index (χ0v) is 19.1. The second-order valence-corrected chi connectivity index (χ2v) is 7.25. The number of guanidine groups is 1. The lowest BCUT2D eigenvalue weighted by Crippen LogP contribution is -2.56. The maximum absolute atomic E-state index is 12.8. The summed E-state index contributed by atoms with van der Waals surface area (Å²) in [6, 6.07) is 2.18. The standard InChI is InChI=1S/C17H26F3N5OS.HI/c1-13(17(18,19)20)24-8-10-25(11-9-24)16(21-2)23-7-4-6-22-15(26)14-5-3-12-27-14;/h3,5,12-13H,4,6-11H2,1-2H3,(H,21,23)(H,22,26);1H. The Bertz CT molecular complexity index is 619. The van der Waals surface area contributed by atoms with Gasteiger partial charge in [-0.2, -0.15) is 13.2 Å². The Hall–Kier alpha value is -1.08. The molecule has 0 radical (unpaired) electrons. The molecule has 0 saturated carbocycles. The average molecular weight is 533 g/mol. The van der Waals surface area contributed by atoms with E-state index in [4.69, 9.17) is 0 Å². The van der Waals surface area contributed by atoms with Crippen molar-refractivity contribution in [3.05, 3.63) is 22.4 Å². The number of piperazine rings is 1. The Kier molecular flexibility index (Phi) is 10.5. The highest BCUT2D eigenvalue weighted by Crippen LogP contribution is 2.25. The summed E-state index contributed by atoms with van der Waals surface area (Å²) < 4.78 is 38.5. The van der Waals surface area contributed by atoms with E-state index in [1.165, 1.54) is 23.2 Å². The minimum absolute atomic E-state index is 0. The molecule has 11 heteroatoms. The van der Waals surface area contributed by atoms with Crippen molar-refractivity contribution in [2.24, 2.45) is 4.99 Å². The fourth-order valence-corrected chi connectivity index (χ4v) is 3.49. The quantitative estimate of drug-likeness (QED) is 0.256. The molecule has 6 nitrogen and oxygen atoms in total. The van der Waals surface area contributed by atoms with Crippen molar-refractivity contribution in [2.45, 2.75) is 25.6 Å². The van der Waals surface area contributed by atoms with Gasteiger partial charge in [0.2, 0.25) is 0 Å². The van der Waals surface area contributed by atoms with E-state index in [1.807, 2.05) is 16.3 Å². The molecule has 1 unspecified atom stereocenters. The first-order valence-corrected chi connectivity index (χ1v) is 9.79. The monoisotopic (exact) mass is 533 g/mol. The maximum Gasteiger partial charge on any atom is 0.403 e. The van der Waals surface area contributed by atoms with E-state index in [0.717, 1.165) is 6.42 Å². The highest BCUT2D eigenvalue weighted by molar-refractivity contribution is 14.0. The third-order valence-electron chi connectivity index (χ3n) is 4.51. The van der Waals surface area contributed by atoms with Crippen molar-refractivity contribution in [2.75, 3.05) is 46.3 Å². The van der Waals surface area contributed by atoms with Crippen molar-refractivity contribution in [1.82, 2.24) is 20.4 Å². The van der Waals surface area contributed by atoms with Crippen LogP contribution in [0.5, 0.6) is 0 Å². The number of alkyl halides is 3. The first-order valence-electron chi connectivity index (χ1n) is 8.91. The molecule has 1 saturated heterocycles. The number of halogens is 4. The number of carbonyl (C=O) groups is 1. The highest BCUT2D eigenvalue weighted by atomic mass is 127. The molecule has 2 heterocycles. The van der Waals surface area contributed by atoms with E-state index in [1.54, 1.807) is 13.1 Å². The lowest BCUT2D eigenvalue weighted by molar-refractivity contribution is -0.181. The van der Waals surface area contributed by atoms with Gasteiger partial charge in [-0.05, 0) is 24.8 Å². The van der Waals surface area contributed by atoms with Crippen LogP contribution in [0.3, 0.4) is 0 Å². The van der Waals surface area contributed by atoms with Crippen molar-refractivity contribution in [3.8, 4) is 0 Å². The Morgan fingerprint density at radius 1 is 1.25 bits per heavy atom. The van der Waals surface area contributed by atoms with Gasteiger partial charge in [-0.1, -0.05) is 6.07 Å². The van der Waals surface area contributed by atoms with Gasteiger partial charge in [0.05, 0.1) is 4.88 Å². The number of nitrogens with one attached hydrogen (secondary N) is 2. The summed E-state index contributed by atoms with van der Waals surface area (Å²) in [5.74, 6) is 0.600. The van der Waals surface area contributed by atoms with E-state index in [0.29, 0.717) is 50.1 Å². The summed E-state index contributed by atoms with van der Waals surface area (Å²) in [6.45, 7) is 4.04. The maximum atomic E-state index is 12.8. The summed E-state index contributed by atoms with van der Waals surface area (Å²) >= 11 is 1.40. The average Bonchev–Trinajstić information content (AvgIpc) is 3.18. The fourth-order valence-electron chi connectivity index (χ4n) is 2.85. The number of thiophene rings is 1. The summed E-state index contributed by atoms with van der Waals surface area (Å²) in [5, 5.41) is 7.92. The molecular weight excluding hydrogens is 506 g/mol. The van der Waals surface area contributed by atoms with Gasteiger partial charge in [0.25, 0.3) is 5.91 Å². The van der Waals surface area contributed by atoms with E-state index in [-0.39, 0.29) is 29.9 Å². The number of hydrogen-bond acceptors (Lipinski definition) is 4. The topological polar surface area (TPSA) is 60.0 Å². The first kappa shape index (κ1) is 25.0. The molecule has 0 aliphatic carbocycles. The van der Waals surface area contributed by atoms with Crippen LogP contribution < -0.4 is 10.6 Å². The van der Waals surface area contributed by atoms with Crippen LogP contribution in [0, 0.1) is 0 Å². The number of nitrogens with zero attached hydrogens (tertiary/aromatic N) is 3. The molecule has 2 N–H and O–H groups in total. The smallest absolute Gasteiger partial charge is 0.356 e. The molecule has 1 fully saturated rings. The van der Waals surface area contributed by atoms with E-state index in [9.17, 15) is 18.0 Å². The lowest BCUT2D eigenvalue weighted by atomic mass is 10.2. The molecule has 1 atom stereocenters. The van der Waals surface area contributed by atoms with Gasteiger partial charge in [0, 0.05) is 46.3 Å². The number of hydrogen-bond donors (Lipinski definition) is 2. The van der Waals surface area contributed by atoms with Crippen LogP contribution in [-0.4, -0.2) is 80.2 Å². The van der Waals surface area contributed by atoms with Crippen LogP contribution in [0.1, 0.15) is 23.0 Å². The van der Waals surface area contributed by atoms with Gasteiger partial charge >= 0.3 is 6.18 Å². The number of rotatable bonds is 6. The second kappa shape index (κ2) is 11.8. The molecular formula is C17H27F3IN5OS. The summed E-state index contributed by atoms with van der Waals surface area (Å²) in [6.07, 6.45) is -3.48. The highest BCUT2D eigenvalue weighted by Gasteiger charge is 2.41. The van der Waals surface area contributed by atoms with Gasteiger partial charge in [-0.25, -0.2) is 0 Å². The van der Waals surface area contributed by atoms with Crippen molar-refractivity contribution in [3.63, 3.8) is 0 Å². The van der Waals surface area contributed by atoms with Gasteiger partial charge in [-0.3, -0.25) is 14.7 Å². The molecule has 1 aromatic rings. The molecule has 1 amide bonds. The predicted molar refractivity (Wildman–Crippen MR) is 117 cm³/mol. The predicted octanol–water partition coefficient (Wildman–Crippen LogP) is 2.63. The molecule has 1 aromatic heterocycles. The molecule has 160 valence electrons. The van der Waals surface area contributed by atoms with Crippen LogP contribution in [0.25, 0.3) is 0 Å². The van der Waals surface area contributed by atoms with Crippen LogP contribution in [0.2, 0.25) is 0 Å². The summed E-state index contributed by atoms with van der Waals surface area (Å²) in [7, 11) is 1.66. The van der Waals surface area contributed by atoms with E-state index >= 15 is 0 Å². The van der Waals surface area contributed by atoms with Crippen molar-refractivity contribution < 1.29 is 18.0 Å². The molecule has 1 aliphatic heterocycles. The summed E-state index contributed by atoms with van der Waals surface area (Å²) in [4.78, 5) is 20.1. The van der Waals surface area contributed by atoms with Crippen molar-refractivity contribution in [1.29, 1.82) is 0 Å². The van der Waals surface area contributed by atoms with E-state index in [2.05, 4.69) is 15.6 Å². The Morgan fingerprint density at radius 3 is 2.43 bits per heavy atom. The Morgan fingerprint density at radius 2 is 1.89 bits per heavy atom. The Labute approximate surface area is 184 Å². The minimum atomic E-state index is -4.20. The minimum Gasteiger partial charge on any atom is -0.356 e. The zero-order chi connectivity index (χ0) is 19.9. The molecule has 2 rings (SSSR count). The van der Waals surface area contributed by atoms with Crippen LogP contribution in [0.15, 0.2) is 22.5 Å². The number of carbonyl (C=O) groups excluding carboxylic acids is 1. The molecule has 1 aliphatic rings. The van der Waals surface area contributed by atoms with E-state index < -0.39 is 12.2 Å². The van der Waals surface area contributed by atoms with Gasteiger partial charge < -0.3 is 15.5 Å². The van der Waals surface area contributed by atoms with Gasteiger partial charge in [0.15, 0.2) is 5.96 Å². The SMILES string of the molecule is CN=C(NCCCNC(=O)c1cccs1)N1CCN(C(C)C(F)(F)F)CC1.I. The molecule has 0 spiro atoms. The summed E-state index contributed by atoms with van der Waals surface area (Å²) in [5.41, 5.74) is 0. The van der Waals surface area contributed by atoms with Gasteiger partial charge in [0.1, 0.15) is 6.04 Å². The largest absolute Gasteiger partial charge is 0.403 e. The molecule has 0 aromatic carbocycles. The second-order valence-electron chi connectivity index (χ2n) is 6.30. The van der Waals surface area contributed by atoms with Crippen molar-refractivity contribution >= 4 is 47.2 Å². The molecule has 28 heavy (non-hydrogen) atoms. The number of amides is 1.